The summed E-state index contributed by atoms with van der Waals surface area (Å²) in [5.41, 5.74) is 10.2. The van der Waals surface area contributed by atoms with Gasteiger partial charge in [-0.1, -0.05) is 61.5 Å². The molecule has 3 unspecified atom stereocenters. The second-order valence-electron chi connectivity index (χ2n) is 5.63. The van der Waals surface area contributed by atoms with Gasteiger partial charge in [0.15, 0.2) is 0 Å². The first-order valence-electron chi connectivity index (χ1n) is 7.25. The largest absolute Gasteiger partial charge is 0.372 e. The van der Waals surface area contributed by atoms with Crippen molar-refractivity contribution in [3.8, 4) is 0 Å². The van der Waals surface area contributed by atoms with E-state index >= 15 is 0 Å². The third-order valence-electron chi connectivity index (χ3n) is 4.18. The Hall–Kier alpha value is -1.64. The Morgan fingerprint density at radius 2 is 1.65 bits per heavy atom. The maximum Gasteiger partial charge on any atom is 0.0778 e. The monoisotopic (exact) mass is 267 g/mol. The van der Waals surface area contributed by atoms with E-state index in [9.17, 15) is 0 Å². The topological polar surface area (TPSA) is 35.2 Å². The molecule has 0 heterocycles. The molecule has 0 bridgehead atoms. The van der Waals surface area contributed by atoms with Crippen LogP contribution in [-0.4, -0.2) is 6.10 Å². The van der Waals surface area contributed by atoms with Crippen LogP contribution in [0.1, 0.15) is 42.0 Å². The SMILES string of the molecule is CC1CC(OCc2ccccc2)C(N)c2ccccc21. The fraction of sp³-hybridized carbons (Fsp3) is 0.333. The molecule has 0 saturated heterocycles. The standard InChI is InChI=1S/C18H21NO/c1-13-11-17(20-12-14-7-3-2-4-8-14)18(19)16-10-6-5-9-15(13)16/h2-10,13,17-18H,11-12,19H2,1H3. The molecule has 0 radical (unpaired) electrons. The molecular formula is C18H21NO. The van der Waals surface area contributed by atoms with Gasteiger partial charge in [0.05, 0.1) is 18.8 Å². The molecule has 104 valence electrons. The number of benzene rings is 2. The van der Waals surface area contributed by atoms with E-state index in [0.29, 0.717) is 12.5 Å². The van der Waals surface area contributed by atoms with Crippen LogP contribution in [0.2, 0.25) is 0 Å². The smallest absolute Gasteiger partial charge is 0.0778 e. The number of hydrogen-bond acceptors (Lipinski definition) is 2. The maximum absolute atomic E-state index is 6.39. The summed E-state index contributed by atoms with van der Waals surface area (Å²) in [6.45, 7) is 2.89. The minimum Gasteiger partial charge on any atom is -0.372 e. The summed E-state index contributed by atoms with van der Waals surface area (Å²) >= 11 is 0. The van der Waals surface area contributed by atoms with E-state index < -0.39 is 0 Å². The third-order valence-corrected chi connectivity index (χ3v) is 4.18. The summed E-state index contributed by atoms with van der Waals surface area (Å²) < 4.78 is 6.08. The van der Waals surface area contributed by atoms with Gasteiger partial charge in [-0.15, -0.1) is 0 Å². The molecule has 20 heavy (non-hydrogen) atoms. The first-order chi connectivity index (χ1) is 9.75. The zero-order valence-electron chi connectivity index (χ0n) is 11.8. The molecule has 3 rings (SSSR count). The number of hydrogen-bond donors (Lipinski definition) is 1. The first-order valence-corrected chi connectivity index (χ1v) is 7.25. The fourth-order valence-corrected chi connectivity index (χ4v) is 3.03. The molecule has 0 aromatic heterocycles. The van der Waals surface area contributed by atoms with E-state index in [4.69, 9.17) is 10.5 Å². The van der Waals surface area contributed by atoms with Crippen LogP contribution in [-0.2, 0) is 11.3 Å². The molecule has 2 nitrogen and oxygen atoms in total. The molecule has 0 fully saturated rings. The summed E-state index contributed by atoms with van der Waals surface area (Å²) in [6.07, 6.45) is 1.09. The highest BCUT2D eigenvalue weighted by Gasteiger charge is 2.31. The van der Waals surface area contributed by atoms with Crippen molar-refractivity contribution in [2.45, 2.75) is 38.0 Å². The molecule has 2 heteroatoms. The fourth-order valence-electron chi connectivity index (χ4n) is 3.03. The highest BCUT2D eigenvalue weighted by Crippen LogP contribution is 2.37. The lowest BCUT2D eigenvalue weighted by atomic mass is 9.79. The van der Waals surface area contributed by atoms with Gasteiger partial charge in [0.1, 0.15) is 0 Å². The number of ether oxygens (including phenoxy) is 1. The van der Waals surface area contributed by atoms with Crippen molar-refractivity contribution in [3.05, 3.63) is 71.3 Å². The highest BCUT2D eigenvalue weighted by atomic mass is 16.5. The Morgan fingerprint density at radius 3 is 2.40 bits per heavy atom. The van der Waals surface area contributed by atoms with Crippen LogP contribution in [0.4, 0.5) is 0 Å². The molecule has 0 aliphatic heterocycles. The zero-order chi connectivity index (χ0) is 13.9. The molecule has 0 amide bonds. The van der Waals surface area contributed by atoms with Gasteiger partial charge in [-0.2, -0.15) is 0 Å². The van der Waals surface area contributed by atoms with Gasteiger partial charge in [0.25, 0.3) is 0 Å². The Kier molecular flexibility index (Phi) is 3.86. The molecule has 1 aliphatic rings. The minimum atomic E-state index is -0.0221. The second-order valence-corrected chi connectivity index (χ2v) is 5.63. The van der Waals surface area contributed by atoms with Gasteiger partial charge in [-0.05, 0) is 29.0 Å². The van der Waals surface area contributed by atoms with E-state index in [-0.39, 0.29) is 12.1 Å². The Morgan fingerprint density at radius 1 is 1.00 bits per heavy atom. The minimum absolute atomic E-state index is 0.0221. The average Bonchev–Trinajstić information content (AvgIpc) is 2.50. The van der Waals surface area contributed by atoms with Crippen LogP contribution in [0.5, 0.6) is 0 Å². The van der Waals surface area contributed by atoms with Gasteiger partial charge < -0.3 is 10.5 Å². The predicted molar refractivity (Wildman–Crippen MR) is 81.4 cm³/mol. The number of fused-ring (bicyclic) bond motifs is 1. The molecule has 1 aliphatic carbocycles. The third kappa shape index (κ3) is 2.62. The molecule has 0 saturated carbocycles. The lowest BCUT2D eigenvalue weighted by Gasteiger charge is -2.34. The van der Waals surface area contributed by atoms with E-state index in [2.05, 4.69) is 43.3 Å². The molecule has 2 aromatic rings. The van der Waals surface area contributed by atoms with Crippen LogP contribution in [0.3, 0.4) is 0 Å². The Bertz CT molecular complexity index is 567. The van der Waals surface area contributed by atoms with E-state index in [0.717, 1.165) is 6.42 Å². The zero-order valence-corrected chi connectivity index (χ0v) is 11.8. The highest BCUT2D eigenvalue weighted by molar-refractivity contribution is 5.36. The van der Waals surface area contributed by atoms with Crippen molar-refractivity contribution in [1.29, 1.82) is 0 Å². The van der Waals surface area contributed by atoms with Crippen molar-refractivity contribution in [2.75, 3.05) is 0 Å². The van der Waals surface area contributed by atoms with Crippen LogP contribution < -0.4 is 5.73 Å². The van der Waals surface area contributed by atoms with Crippen molar-refractivity contribution in [3.63, 3.8) is 0 Å². The lowest BCUT2D eigenvalue weighted by Crippen LogP contribution is -2.34. The van der Waals surface area contributed by atoms with Crippen molar-refractivity contribution >= 4 is 0 Å². The molecule has 2 aromatic carbocycles. The molecular weight excluding hydrogens is 246 g/mol. The summed E-state index contributed by atoms with van der Waals surface area (Å²) in [6, 6.07) is 18.7. The van der Waals surface area contributed by atoms with Gasteiger partial charge in [0, 0.05) is 0 Å². The lowest BCUT2D eigenvalue weighted by molar-refractivity contribution is 0.00880. The van der Waals surface area contributed by atoms with Crippen LogP contribution in [0.25, 0.3) is 0 Å². The Labute approximate surface area is 120 Å². The van der Waals surface area contributed by atoms with E-state index in [1.165, 1.54) is 16.7 Å². The predicted octanol–water partition coefficient (Wildman–Crippen LogP) is 3.78. The quantitative estimate of drug-likeness (QED) is 0.918. The average molecular weight is 267 g/mol. The van der Waals surface area contributed by atoms with E-state index in [1.807, 2.05) is 18.2 Å². The van der Waals surface area contributed by atoms with Crippen molar-refractivity contribution < 1.29 is 4.74 Å². The first kappa shape index (κ1) is 13.3. The van der Waals surface area contributed by atoms with Gasteiger partial charge in [-0.3, -0.25) is 0 Å². The van der Waals surface area contributed by atoms with E-state index in [1.54, 1.807) is 0 Å². The van der Waals surface area contributed by atoms with Gasteiger partial charge >= 0.3 is 0 Å². The molecule has 0 spiro atoms. The van der Waals surface area contributed by atoms with Gasteiger partial charge in [0.2, 0.25) is 0 Å². The second kappa shape index (κ2) is 5.78. The normalized spacial score (nSPS) is 25.2. The summed E-state index contributed by atoms with van der Waals surface area (Å²) in [5.74, 6) is 0.506. The summed E-state index contributed by atoms with van der Waals surface area (Å²) in [4.78, 5) is 0. The van der Waals surface area contributed by atoms with Crippen LogP contribution >= 0.6 is 0 Å². The van der Waals surface area contributed by atoms with Crippen molar-refractivity contribution in [1.82, 2.24) is 0 Å². The number of nitrogens with two attached hydrogens (primary N) is 1. The maximum atomic E-state index is 6.39. The van der Waals surface area contributed by atoms with Crippen molar-refractivity contribution in [2.24, 2.45) is 5.73 Å². The summed E-state index contributed by atoms with van der Waals surface area (Å²) in [5, 5.41) is 0. The van der Waals surface area contributed by atoms with Crippen LogP contribution in [0.15, 0.2) is 54.6 Å². The van der Waals surface area contributed by atoms with Crippen LogP contribution in [0, 0.1) is 0 Å². The summed E-state index contributed by atoms with van der Waals surface area (Å²) in [7, 11) is 0. The van der Waals surface area contributed by atoms with Gasteiger partial charge in [-0.25, -0.2) is 0 Å². The molecule has 3 atom stereocenters. The number of rotatable bonds is 3. The molecule has 2 N–H and O–H groups in total. The Balaban J connectivity index is 1.73.